The van der Waals surface area contributed by atoms with Gasteiger partial charge in [0.1, 0.15) is 0 Å². The largest absolute Gasteiger partial charge is 0.490 e. The van der Waals surface area contributed by atoms with Gasteiger partial charge in [-0.05, 0) is 49.8 Å². The molecule has 0 saturated carbocycles. The predicted octanol–water partition coefficient (Wildman–Crippen LogP) is 20.6. The van der Waals surface area contributed by atoms with Gasteiger partial charge < -0.3 is 14.2 Å². The van der Waals surface area contributed by atoms with E-state index < -0.39 is 0 Å². The van der Waals surface area contributed by atoms with Gasteiger partial charge in [-0.1, -0.05) is 285 Å². The molecule has 0 bridgehead atoms. The van der Waals surface area contributed by atoms with E-state index in [1.165, 1.54) is 269 Å². The molecule has 3 heteroatoms. The molecule has 1 rings (SSSR count). The number of hydrogen-bond acceptors (Lipinski definition) is 3. The Morgan fingerprint density at radius 1 is 0.246 bits per heavy atom. The molecule has 0 aromatic heterocycles. The highest BCUT2D eigenvalue weighted by Gasteiger charge is 2.16. The van der Waals surface area contributed by atoms with E-state index in [-0.39, 0.29) is 0 Å². The van der Waals surface area contributed by atoms with Crippen LogP contribution in [0.2, 0.25) is 0 Å². The fourth-order valence-electron chi connectivity index (χ4n) is 8.94. The van der Waals surface area contributed by atoms with Gasteiger partial charge in [-0.3, -0.25) is 0 Å². The number of hydrogen-bond donors (Lipinski definition) is 0. The van der Waals surface area contributed by atoms with Crippen molar-refractivity contribution in [2.45, 2.75) is 317 Å². The lowest BCUT2D eigenvalue weighted by Gasteiger charge is -2.19. The van der Waals surface area contributed by atoms with E-state index in [0.29, 0.717) is 0 Å². The quantitative estimate of drug-likeness (QED) is 0.0611. The lowest BCUT2D eigenvalue weighted by atomic mass is 10.0. The normalized spacial score (nSPS) is 11.5. The zero-order valence-corrected chi connectivity index (χ0v) is 42.3. The van der Waals surface area contributed by atoms with Crippen molar-refractivity contribution in [2.24, 2.45) is 0 Å². The predicted molar refractivity (Wildman–Crippen MR) is 272 cm³/mol. The zero-order valence-electron chi connectivity index (χ0n) is 42.3. The van der Waals surface area contributed by atoms with Crippen molar-refractivity contribution in [3.63, 3.8) is 0 Å². The van der Waals surface area contributed by atoms with E-state index in [0.717, 1.165) is 62.8 Å². The summed E-state index contributed by atoms with van der Waals surface area (Å²) in [5, 5.41) is 0. The summed E-state index contributed by atoms with van der Waals surface area (Å²) in [6.45, 7) is 11.5. The third-order valence-electron chi connectivity index (χ3n) is 13.2. The van der Waals surface area contributed by atoms with Crippen LogP contribution in [0.25, 0.3) is 0 Å². The minimum Gasteiger partial charge on any atom is -0.490 e. The van der Waals surface area contributed by atoms with Gasteiger partial charge in [0.15, 0.2) is 11.5 Å². The number of rotatable bonds is 51. The maximum Gasteiger partial charge on any atom is 0.203 e. The molecule has 0 aliphatic heterocycles. The van der Waals surface area contributed by atoms with Crippen LogP contribution in [0, 0.1) is 0 Å². The van der Waals surface area contributed by atoms with Crippen LogP contribution in [0.3, 0.4) is 0 Å². The molecule has 0 spiro atoms. The second-order valence-electron chi connectivity index (χ2n) is 19.4. The van der Waals surface area contributed by atoms with Crippen molar-refractivity contribution < 1.29 is 14.2 Å². The van der Waals surface area contributed by atoms with Gasteiger partial charge in [-0.15, -0.1) is 0 Å². The monoisotopic (exact) mass is 855 g/mol. The van der Waals surface area contributed by atoms with E-state index >= 15 is 0 Å². The third-order valence-corrected chi connectivity index (χ3v) is 13.2. The maximum atomic E-state index is 6.63. The number of benzene rings is 1. The summed E-state index contributed by atoms with van der Waals surface area (Å²) in [7, 11) is 0. The van der Waals surface area contributed by atoms with Gasteiger partial charge in [-0.25, -0.2) is 0 Å². The second-order valence-corrected chi connectivity index (χ2v) is 19.4. The molecule has 0 unspecified atom stereocenters. The van der Waals surface area contributed by atoms with Crippen LogP contribution >= 0.6 is 0 Å². The molecule has 0 aliphatic carbocycles. The van der Waals surface area contributed by atoms with Gasteiger partial charge in [0.25, 0.3) is 0 Å². The highest BCUT2D eigenvalue weighted by molar-refractivity contribution is 5.54. The van der Waals surface area contributed by atoms with Crippen molar-refractivity contribution in [3.05, 3.63) is 17.7 Å². The summed E-state index contributed by atoms with van der Waals surface area (Å²) >= 11 is 0. The minimum atomic E-state index is 0.747. The van der Waals surface area contributed by atoms with Gasteiger partial charge in [0.05, 0.1) is 19.8 Å². The fourth-order valence-corrected chi connectivity index (χ4v) is 8.94. The molecule has 0 heterocycles. The van der Waals surface area contributed by atoms with Crippen molar-refractivity contribution in [2.75, 3.05) is 19.8 Å². The Morgan fingerprint density at radius 3 is 0.705 bits per heavy atom. The van der Waals surface area contributed by atoms with E-state index in [4.69, 9.17) is 14.2 Å². The SMILES string of the molecule is CCCCCCCCCCCCCCCCOc1cc(CCCC)cc(OCCCCCCCCCCCCCCCC)c1OCCCCCCCCCCCCCCCC. The highest BCUT2D eigenvalue weighted by atomic mass is 16.5. The lowest BCUT2D eigenvalue weighted by molar-refractivity contribution is 0.234. The fraction of sp³-hybridized carbons (Fsp3) is 0.897. The molecule has 0 fully saturated rings. The molecule has 360 valence electrons. The first kappa shape index (κ1) is 57.6. The van der Waals surface area contributed by atoms with Crippen LogP contribution in [-0.2, 0) is 6.42 Å². The van der Waals surface area contributed by atoms with Crippen LogP contribution in [0.5, 0.6) is 17.2 Å². The summed E-state index contributed by atoms with van der Waals surface area (Å²) in [6.07, 6.45) is 61.2. The van der Waals surface area contributed by atoms with E-state index in [1.807, 2.05) is 0 Å². The zero-order chi connectivity index (χ0) is 43.8. The maximum absolute atomic E-state index is 6.63. The topological polar surface area (TPSA) is 27.7 Å². The molecule has 0 N–H and O–H groups in total. The number of ether oxygens (including phenoxy) is 3. The van der Waals surface area contributed by atoms with Crippen molar-refractivity contribution in [1.29, 1.82) is 0 Å². The average molecular weight is 856 g/mol. The number of unbranched alkanes of at least 4 members (excludes halogenated alkanes) is 40. The molecule has 1 aromatic rings. The van der Waals surface area contributed by atoms with Gasteiger partial charge in [-0.2, -0.15) is 0 Å². The molecule has 1 aromatic carbocycles. The summed E-state index contributed by atoms with van der Waals surface area (Å²) in [5.74, 6) is 2.71. The molecule has 0 radical (unpaired) electrons. The second kappa shape index (κ2) is 48.1. The van der Waals surface area contributed by atoms with Crippen LogP contribution in [0.1, 0.15) is 316 Å². The van der Waals surface area contributed by atoms with Gasteiger partial charge in [0, 0.05) is 0 Å². The standard InChI is InChI=1S/C58H110O3/c1-5-9-13-16-19-22-25-28-31-34-37-40-43-46-50-59-56-53-55(49-12-8-4)54-57(60-51-47-44-41-38-35-32-29-26-23-20-17-14-10-6-2)58(56)61-52-48-45-42-39-36-33-30-27-24-21-18-15-11-7-3/h53-54H,5-52H2,1-4H3. The average Bonchev–Trinajstić information content (AvgIpc) is 3.27. The molecule has 3 nitrogen and oxygen atoms in total. The summed E-state index contributed by atoms with van der Waals surface area (Å²) in [5.41, 5.74) is 1.33. The van der Waals surface area contributed by atoms with Crippen LogP contribution in [-0.4, -0.2) is 19.8 Å². The first-order chi connectivity index (χ1) is 30.3. The third kappa shape index (κ3) is 38.8. The summed E-state index contributed by atoms with van der Waals surface area (Å²) < 4.78 is 19.8. The smallest absolute Gasteiger partial charge is 0.203 e. The van der Waals surface area contributed by atoms with Crippen LogP contribution < -0.4 is 14.2 Å². The Hall–Kier alpha value is -1.38. The van der Waals surface area contributed by atoms with Crippen LogP contribution in [0.15, 0.2) is 12.1 Å². The summed E-state index contributed by atoms with van der Waals surface area (Å²) in [6, 6.07) is 4.55. The Bertz CT molecular complexity index is 935. The highest BCUT2D eigenvalue weighted by Crippen LogP contribution is 2.40. The van der Waals surface area contributed by atoms with Gasteiger partial charge >= 0.3 is 0 Å². The van der Waals surface area contributed by atoms with Crippen molar-refractivity contribution in [3.8, 4) is 17.2 Å². The Kier molecular flexibility index (Phi) is 45.4. The van der Waals surface area contributed by atoms with E-state index in [9.17, 15) is 0 Å². The molecule has 0 saturated heterocycles. The van der Waals surface area contributed by atoms with Gasteiger partial charge in [0.2, 0.25) is 5.75 Å². The lowest BCUT2D eigenvalue weighted by Crippen LogP contribution is -2.07. The number of aryl methyl sites for hydroxylation is 1. The van der Waals surface area contributed by atoms with Crippen molar-refractivity contribution >= 4 is 0 Å². The van der Waals surface area contributed by atoms with E-state index in [1.54, 1.807) is 0 Å². The Labute approximate surface area is 384 Å². The van der Waals surface area contributed by atoms with E-state index in [2.05, 4.69) is 39.8 Å². The summed E-state index contributed by atoms with van der Waals surface area (Å²) in [4.78, 5) is 0. The van der Waals surface area contributed by atoms with Crippen LogP contribution in [0.4, 0.5) is 0 Å². The molecule has 0 aliphatic rings. The molecular formula is C58H110O3. The molecule has 61 heavy (non-hydrogen) atoms. The molecule has 0 atom stereocenters. The molecular weight excluding hydrogens is 745 g/mol. The Morgan fingerprint density at radius 2 is 0.459 bits per heavy atom. The Balaban J connectivity index is 2.54. The minimum absolute atomic E-state index is 0.747. The first-order valence-corrected chi connectivity index (χ1v) is 28.3. The van der Waals surface area contributed by atoms with Crippen molar-refractivity contribution in [1.82, 2.24) is 0 Å². The first-order valence-electron chi connectivity index (χ1n) is 28.3. The molecule has 0 amide bonds.